The molecular weight excluding hydrogens is 468 g/mol. The van der Waals surface area contributed by atoms with E-state index in [4.69, 9.17) is 0 Å². The van der Waals surface area contributed by atoms with Crippen LogP contribution in [0.3, 0.4) is 0 Å². The van der Waals surface area contributed by atoms with Crippen LogP contribution < -0.4 is 9.62 Å². The molecule has 1 N–H and O–H groups in total. The fourth-order valence-corrected chi connectivity index (χ4v) is 5.69. The van der Waals surface area contributed by atoms with Gasteiger partial charge in [-0.05, 0) is 56.0 Å². The van der Waals surface area contributed by atoms with Crippen LogP contribution in [0.2, 0.25) is 0 Å². The number of nitrogens with zero attached hydrogens (tertiary/aromatic N) is 3. The first kappa shape index (κ1) is 26.6. The molecule has 1 aliphatic rings. The Kier molecular flexibility index (Phi) is 8.85. The molecule has 0 bridgehead atoms. The molecule has 2 aromatic carbocycles. The average Bonchev–Trinajstić information content (AvgIpc) is 2.82. The highest BCUT2D eigenvalue weighted by Gasteiger charge is 2.33. The smallest absolute Gasteiger partial charge is 0.271 e. The minimum absolute atomic E-state index is 0.130. The first-order valence-corrected chi connectivity index (χ1v) is 13.8. The number of anilines is 1. The first-order valence-electron chi connectivity index (χ1n) is 11.9. The molecule has 1 unspecified atom stereocenters. The highest BCUT2D eigenvalue weighted by Crippen LogP contribution is 2.30. The monoisotopic (exact) mass is 502 g/mol. The van der Waals surface area contributed by atoms with Gasteiger partial charge in [0, 0.05) is 25.2 Å². The lowest BCUT2D eigenvalue weighted by atomic mass is 10.1. The van der Waals surface area contributed by atoms with E-state index in [1.54, 1.807) is 13.8 Å². The molecule has 10 heteroatoms. The molecule has 0 aromatic heterocycles. The van der Waals surface area contributed by atoms with Gasteiger partial charge < -0.3 is 5.32 Å². The van der Waals surface area contributed by atoms with Gasteiger partial charge in [-0.3, -0.25) is 24.1 Å². The van der Waals surface area contributed by atoms with E-state index in [-0.39, 0.29) is 24.3 Å². The number of hydrogen-bond acceptors (Lipinski definition) is 6. The summed E-state index contributed by atoms with van der Waals surface area (Å²) < 4.78 is 26.4. The van der Waals surface area contributed by atoms with E-state index in [9.17, 15) is 23.3 Å². The predicted molar refractivity (Wildman–Crippen MR) is 137 cm³/mol. The molecule has 2 aromatic rings. The van der Waals surface area contributed by atoms with Crippen LogP contribution in [0.4, 0.5) is 11.4 Å². The number of benzene rings is 2. The second kappa shape index (κ2) is 11.6. The minimum atomic E-state index is -3.90. The Bertz CT molecular complexity index is 1140. The van der Waals surface area contributed by atoms with Crippen molar-refractivity contribution < 1.29 is 18.1 Å². The Hall–Kier alpha value is -2.98. The molecule has 1 fully saturated rings. The Morgan fingerprint density at radius 1 is 1.11 bits per heavy atom. The van der Waals surface area contributed by atoms with Crippen LogP contribution in [0.25, 0.3) is 0 Å². The third kappa shape index (κ3) is 7.02. The van der Waals surface area contributed by atoms with Gasteiger partial charge in [-0.2, -0.15) is 0 Å². The van der Waals surface area contributed by atoms with Crippen molar-refractivity contribution in [3.63, 3.8) is 0 Å². The summed E-state index contributed by atoms with van der Waals surface area (Å²) in [6.45, 7) is 6.79. The molecule has 1 saturated heterocycles. The van der Waals surface area contributed by atoms with Crippen molar-refractivity contribution in [2.45, 2.75) is 58.7 Å². The molecule has 35 heavy (non-hydrogen) atoms. The SMILES string of the molecule is CCC(C(=O)NCc1ccc(CN2CCCCC2)cc1)N(c1cc([N+](=O)[O-])ccc1C)S(C)(=O)=O. The first-order chi connectivity index (χ1) is 16.6. The highest BCUT2D eigenvalue weighted by atomic mass is 32.2. The normalized spacial score (nSPS) is 15.4. The van der Waals surface area contributed by atoms with E-state index in [0.717, 1.165) is 35.8 Å². The number of carbonyl (C=O) groups excluding carboxylic acids is 1. The summed E-state index contributed by atoms with van der Waals surface area (Å²) in [7, 11) is -3.90. The summed E-state index contributed by atoms with van der Waals surface area (Å²) in [5.41, 5.74) is 2.55. The lowest BCUT2D eigenvalue weighted by Crippen LogP contribution is -2.49. The Morgan fingerprint density at radius 3 is 2.31 bits per heavy atom. The van der Waals surface area contributed by atoms with Crippen molar-refractivity contribution in [1.29, 1.82) is 0 Å². The number of hydrogen-bond donors (Lipinski definition) is 1. The van der Waals surface area contributed by atoms with Crippen molar-refractivity contribution >= 4 is 27.3 Å². The van der Waals surface area contributed by atoms with Crippen molar-refractivity contribution in [2.24, 2.45) is 0 Å². The number of carbonyl (C=O) groups is 1. The van der Waals surface area contributed by atoms with E-state index in [2.05, 4.69) is 22.3 Å². The Balaban J connectivity index is 1.72. The van der Waals surface area contributed by atoms with Crippen molar-refractivity contribution in [1.82, 2.24) is 10.2 Å². The van der Waals surface area contributed by atoms with Gasteiger partial charge in [-0.1, -0.05) is 43.7 Å². The van der Waals surface area contributed by atoms with Crippen molar-refractivity contribution in [3.8, 4) is 0 Å². The van der Waals surface area contributed by atoms with Crippen LogP contribution in [-0.4, -0.2) is 49.5 Å². The van der Waals surface area contributed by atoms with Crippen LogP contribution >= 0.6 is 0 Å². The van der Waals surface area contributed by atoms with E-state index >= 15 is 0 Å². The summed E-state index contributed by atoms with van der Waals surface area (Å²) in [6, 6.07) is 11.0. The molecule has 0 spiro atoms. The number of nitrogens with one attached hydrogen (secondary N) is 1. The van der Waals surface area contributed by atoms with Crippen LogP contribution in [0.1, 0.15) is 49.3 Å². The molecule has 1 heterocycles. The molecule has 1 amide bonds. The Labute approximate surface area is 207 Å². The zero-order chi connectivity index (χ0) is 25.6. The standard InChI is InChI=1S/C25H34N4O5S/c1-4-23(28(35(3,33)34)24-16-22(29(31)32)13-8-19(24)2)25(30)26-17-20-9-11-21(12-10-20)18-27-14-6-5-7-15-27/h8-13,16,23H,4-7,14-15,17-18H2,1-3H3,(H,26,30). The largest absolute Gasteiger partial charge is 0.350 e. The summed E-state index contributed by atoms with van der Waals surface area (Å²) in [6.07, 6.45) is 4.98. The fraction of sp³-hybridized carbons (Fsp3) is 0.480. The zero-order valence-corrected chi connectivity index (χ0v) is 21.4. The quantitative estimate of drug-likeness (QED) is 0.391. The molecule has 0 saturated carbocycles. The molecule has 190 valence electrons. The highest BCUT2D eigenvalue weighted by molar-refractivity contribution is 7.92. The van der Waals surface area contributed by atoms with Gasteiger partial charge in [0.05, 0.1) is 16.9 Å². The summed E-state index contributed by atoms with van der Waals surface area (Å²) in [5, 5.41) is 14.1. The molecule has 0 aliphatic carbocycles. The molecule has 3 rings (SSSR count). The number of amides is 1. The van der Waals surface area contributed by atoms with Crippen molar-refractivity contribution in [2.75, 3.05) is 23.7 Å². The van der Waals surface area contributed by atoms with Gasteiger partial charge in [-0.25, -0.2) is 8.42 Å². The number of non-ortho nitro benzene ring substituents is 1. The molecule has 9 nitrogen and oxygen atoms in total. The summed E-state index contributed by atoms with van der Waals surface area (Å²) >= 11 is 0. The number of piperidine rings is 1. The lowest BCUT2D eigenvalue weighted by molar-refractivity contribution is -0.384. The van der Waals surface area contributed by atoms with Gasteiger partial charge in [-0.15, -0.1) is 0 Å². The van der Waals surface area contributed by atoms with Gasteiger partial charge in [0.15, 0.2) is 0 Å². The number of likely N-dealkylation sites (tertiary alicyclic amines) is 1. The van der Waals surface area contributed by atoms with Crippen molar-refractivity contribution in [3.05, 3.63) is 69.3 Å². The maximum absolute atomic E-state index is 13.1. The maximum Gasteiger partial charge on any atom is 0.271 e. The lowest BCUT2D eigenvalue weighted by Gasteiger charge is -2.31. The average molecular weight is 503 g/mol. The van der Waals surface area contributed by atoms with Crippen LogP contribution in [-0.2, 0) is 27.9 Å². The molecular formula is C25H34N4O5S. The minimum Gasteiger partial charge on any atom is -0.350 e. The van der Waals surface area contributed by atoms with E-state index in [0.29, 0.717) is 5.56 Å². The van der Waals surface area contributed by atoms with Gasteiger partial charge in [0.2, 0.25) is 15.9 Å². The van der Waals surface area contributed by atoms with Crippen LogP contribution in [0, 0.1) is 17.0 Å². The number of rotatable bonds is 10. The summed E-state index contributed by atoms with van der Waals surface area (Å²) in [5.74, 6) is -0.457. The second-order valence-electron chi connectivity index (χ2n) is 9.08. The Morgan fingerprint density at radius 2 is 1.74 bits per heavy atom. The zero-order valence-electron chi connectivity index (χ0n) is 20.6. The number of aryl methyl sites for hydroxylation is 1. The van der Waals surface area contributed by atoms with E-state index < -0.39 is 26.9 Å². The predicted octanol–water partition coefficient (Wildman–Crippen LogP) is 3.75. The van der Waals surface area contributed by atoms with Gasteiger partial charge >= 0.3 is 0 Å². The van der Waals surface area contributed by atoms with Gasteiger partial charge in [0.1, 0.15) is 6.04 Å². The van der Waals surface area contributed by atoms with E-state index in [1.165, 1.54) is 43.0 Å². The topological polar surface area (TPSA) is 113 Å². The number of sulfonamides is 1. The van der Waals surface area contributed by atoms with E-state index in [1.807, 2.05) is 12.1 Å². The molecule has 0 radical (unpaired) electrons. The second-order valence-corrected chi connectivity index (χ2v) is 10.9. The summed E-state index contributed by atoms with van der Waals surface area (Å²) in [4.78, 5) is 26.2. The number of nitro groups is 1. The van der Waals surface area contributed by atoms with Gasteiger partial charge in [0.25, 0.3) is 5.69 Å². The maximum atomic E-state index is 13.1. The van der Waals surface area contributed by atoms with Crippen LogP contribution in [0.5, 0.6) is 0 Å². The molecule has 1 aliphatic heterocycles. The third-order valence-electron chi connectivity index (χ3n) is 6.32. The molecule has 1 atom stereocenters. The third-order valence-corrected chi connectivity index (χ3v) is 7.48. The number of nitro benzene ring substituents is 1. The van der Waals surface area contributed by atoms with Crippen LogP contribution in [0.15, 0.2) is 42.5 Å². The fourth-order valence-electron chi connectivity index (χ4n) is 4.43.